The Labute approximate surface area is 121 Å². The van der Waals surface area contributed by atoms with Gasteiger partial charge in [0.2, 0.25) is 5.76 Å². The number of ether oxygens (including phenoxy) is 2. The second-order valence-corrected chi connectivity index (χ2v) is 4.33. The van der Waals surface area contributed by atoms with Crippen LogP contribution in [-0.4, -0.2) is 18.2 Å². The SMILES string of the molecule is COc1cc(C#N)cc(OCc2cc(C)c(C(=O)O)o2)c1. The van der Waals surface area contributed by atoms with E-state index in [0.29, 0.717) is 28.4 Å². The highest BCUT2D eigenvalue weighted by atomic mass is 16.5. The Morgan fingerprint density at radius 2 is 2.05 bits per heavy atom. The van der Waals surface area contributed by atoms with Crippen LogP contribution in [0.4, 0.5) is 0 Å². The number of benzene rings is 1. The number of methoxy groups -OCH3 is 1. The number of nitriles is 1. The molecule has 2 rings (SSSR count). The summed E-state index contributed by atoms with van der Waals surface area (Å²) in [6.07, 6.45) is 0. The van der Waals surface area contributed by atoms with Crippen LogP contribution in [0.5, 0.6) is 11.5 Å². The summed E-state index contributed by atoms with van der Waals surface area (Å²) < 4.78 is 15.8. The van der Waals surface area contributed by atoms with Crippen LogP contribution in [0.2, 0.25) is 0 Å². The molecule has 0 fully saturated rings. The lowest BCUT2D eigenvalue weighted by atomic mass is 10.2. The van der Waals surface area contributed by atoms with E-state index in [2.05, 4.69) is 0 Å². The molecule has 0 aliphatic carbocycles. The summed E-state index contributed by atoms with van der Waals surface area (Å²) in [5.41, 5.74) is 0.940. The third-order valence-corrected chi connectivity index (χ3v) is 2.79. The molecule has 21 heavy (non-hydrogen) atoms. The van der Waals surface area contributed by atoms with E-state index >= 15 is 0 Å². The highest BCUT2D eigenvalue weighted by molar-refractivity contribution is 5.86. The van der Waals surface area contributed by atoms with Gasteiger partial charge in [0.15, 0.2) is 0 Å². The Bertz CT molecular complexity index is 711. The van der Waals surface area contributed by atoms with E-state index in [9.17, 15) is 4.79 Å². The van der Waals surface area contributed by atoms with Crippen molar-refractivity contribution in [1.82, 2.24) is 0 Å². The molecule has 1 N–H and O–H groups in total. The van der Waals surface area contributed by atoms with Crippen LogP contribution in [0.15, 0.2) is 28.7 Å². The number of carboxylic acid groups (broad SMARTS) is 1. The molecule has 1 heterocycles. The van der Waals surface area contributed by atoms with Crippen LogP contribution in [0.25, 0.3) is 0 Å². The average Bonchev–Trinajstić information content (AvgIpc) is 2.86. The van der Waals surface area contributed by atoms with Crippen molar-refractivity contribution in [3.63, 3.8) is 0 Å². The van der Waals surface area contributed by atoms with E-state index in [1.165, 1.54) is 7.11 Å². The Morgan fingerprint density at radius 1 is 1.33 bits per heavy atom. The first-order valence-corrected chi connectivity index (χ1v) is 6.08. The second kappa shape index (κ2) is 6.01. The van der Waals surface area contributed by atoms with Crippen LogP contribution in [0.3, 0.4) is 0 Å². The Kier molecular flexibility index (Phi) is 4.14. The first kappa shape index (κ1) is 14.5. The summed E-state index contributed by atoms with van der Waals surface area (Å²) in [5, 5.41) is 17.8. The third-order valence-electron chi connectivity index (χ3n) is 2.79. The molecule has 0 unspecified atom stereocenters. The molecular formula is C15H13NO5. The molecule has 108 valence electrons. The summed E-state index contributed by atoms with van der Waals surface area (Å²) >= 11 is 0. The highest BCUT2D eigenvalue weighted by Gasteiger charge is 2.14. The van der Waals surface area contributed by atoms with Gasteiger partial charge in [-0.2, -0.15) is 5.26 Å². The Morgan fingerprint density at radius 3 is 2.62 bits per heavy atom. The highest BCUT2D eigenvalue weighted by Crippen LogP contribution is 2.24. The quantitative estimate of drug-likeness (QED) is 0.908. The fraction of sp³-hybridized carbons (Fsp3) is 0.200. The zero-order chi connectivity index (χ0) is 15.4. The Hall–Kier alpha value is -2.94. The summed E-state index contributed by atoms with van der Waals surface area (Å²) in [6.45, 7) is 1.71. The van der Waals surface area contributed by atoms with Crippen molar-refractivity contribution in [2.45, 2.75) is 13.5 Å². The van der Waals surface area contributed by atoms with Gasteiger partial charge in [0.25, 0.3) is 0 Å². The van der Waals surface area contributed by atoms with Crippen LogP contribution < -0.4 is 9.47 Å². The summed E-state index contributed by atoms with van der Waals surface area (Å²) in [4.78, 5) is 10.9. The molecule has 0 amide bonds. The molecule has 1 aromatic carbocycles. The lowest BCUT2D eigenvalue weighted by molar-refractivity contribution is 0.0657. The minimum Gasteiger partial charge on any atom is -0.497 e. The van der Waals surface area contributed by atoms with E-state index in [4.69, 9.17) is 24.3 Å². The van der Waals surface area contributed by atoms with E-state index in [1.54, 1.807) is 31.2 Å². The van der Waals surface area contributed by atoms with Gasteiger partial charge >= 0.3 is 5.97 Å². The van der Waals surface area contributed by atoms with Crippen molar-refractivity contribution in [1.29, 1.82) is 5.26 Å². The van der Waals surface area contributed by atoms with Crippen LogP contribution >= 0.6 is 0 Å². The first-order valence-electron chi connectivity index (χ1n) is 6.08. The second-order valence-electron chi connectivity index (χ2n) is 4.33. The van der Waals surface area contributed by atoms with Crippen LogP contribution in [0.1, 0.15) is 27.4 Å². The van der Waals surface area contributed by atoms with Gasteiger partial charge in [0.05, 0.1) is 18.7 Å². The van der Waals surface area contributed by atoms with Crippen LogP contribution in [0, 0.1) is 18.3 Å². The molecule has 0 saturated carbocycles. The summed E-state index contributed by atoms with van der Waals surface area (Å²) in [7, 11) is 1.50. The zero-order valence-corrected chi connectivity index (χ0v) is 11.5. The molecule has 0 aliphatic heterocycles. The molecule has 1 aromatic heterocycles. The first-order chi connectivity index (χ1) is 10.0. The molecule has 0 bridgehead atoms. The maximum atomic E-state index is 10.9. The Balaban J connectivity index is 2.15. The van der Waals surface area contributed by atoms with Gasteiger partial charge < -0.3 is 19.0 Å². The fourth-order valence-corrected chi connectivity index (χ4v) is 1.82. The number of aryl methyl sites for hydroxylation is 1. The lowest BCUT2D eigenvalue weighted by Gasteiger charge is -2.07. The van der Waals surface area contributed by atoms with Gasteiger partial charge in [-0.3, -0.25) is 0 Å². The fourth-order valence-electron chi connectivity index (χ4n) is 1.82. The number of hydrogen-bond donors (Lipinski definition) is 1. The lowest BCUT2D eigenvalue weighted by Crippen LogP contribution is -1.96. The molecular weight excluding hydrogens is 274 g/mol. The molecule has 0 saturated heterocycles. The van der Waals surface area contributed by atoms with Gasteiger partial charge in [-0.15, -0.1) is 0 Å². The molecule has 0 radical (unpaired) electrons. The van der Waals surface area contributed by atoms with E-state index in [1.807, 2.05) is 6.07 Å². The average molecular weight is 287 g/mol. The largest absolute Gasteiger partial charge is 0.497 e. The van der Waals surface area contributed by atoms with Crippen LogP contribution in [-0.2, 0) is 6.61 Å². The van der Waals surface area contributed by atoms with E-state index in [-0.39, 0.29) is 12.4 Å². The monoisotopic (exact) mass is 287 g/mol. The predicted molar refractivity (Wildman–Crippen MR) is 72.4 cm³/mol. The van der Waals surface area contributed by atoms with Gasteiger partial charge in [-0.25, -0.2) is 4.79 Å². The number of rotatable bonds is 5. The van der Waals surface area contributed by atoms with Gasteiger partial charge in [0, 0.05) is 11.6 Å². The molecule has 0 atom stereocenters. The zero-order valence-electron chi connectivity index (χ0n) is 11.5. The number of hydrogen-bond acceptors (Lipinski definition) is 5. The maximum Gasteiger partial charge on any atom is 0.372 e. The van der Waals surface area contributed by atoms with Crippen molar-refractivity contribution in [3.8, 4) is 17.6 Å². The van der Waals surface area contributed by atoms with Crippen molar-refractivity contribution in [2.24, 2.45) is 0 Å². The molecule has 6 heteroatoms. The predicted octanol–water partition coefficient (Wildman–Crippen LogP) is 2.75. The van der Waals surface area contributed by atoms with Crippen molar-refractivity contribution < 1.29 is 23.8 Å². The molecule has 2 aromatic rings. The van der Waals surface area contributed by atoms with E-state index in [0.717, 1.165) is 0 Å². The number of carboxylic acids is 1. The minimum atomic E-state index is -1.12. The number of nitrogens with zero attached hydrogens (tertiary/aromatic N) is 1. The summed E-state index contributed by atoms with van der Waals surface area (Å²) in [6, 6.07) is 8.40. The molecule has 0 aliphatic rings. The van der Waals surface area contributed by atoms with Gasteiger partial charge in [-0.1, -0.05) is 0 Å². The normalized spacial score (nSPS) is 9.95. The minimum absolute atomic E-state index is 0.0617. The van der Waals surface area contributed by atoms with Gasteiger partial charge in [0.1, 0.15) is 23.9 Å². The van der Waals surface area contributed by atoms with E-state index < -0.39 is 5.97 Å². The number of furan rings is 1. The topological polar surface area (TPSA) is 92.7 Å². The number of carbonyl (C=O) groups is 1. The van der Waals surface area contributed by atoms with Gasteiger partial charge in [-0.05, 0) is 25.1 Å². The third kappa shape index (κ3) is 3.34. The van der Waals surface area contributed by atoms with Crippen molar-refractivity contribution >= 4 is 5.97 Å². The smallest absolute Gasteiger partial charge is 0.372 e. The molecule has 6 nitrogen and oxygen atoms in total. The number of aromatic carboxylic acids is 1. The maximum absolute atomic E-state index is 10.9. The summed E-state index contributed by atoms with van der Waals surface area (Å²) in [5.74, 6) is 0.123. The molecule has 0 spiro atoms. The van der Waals surface area contributed by atoms with Crippen molar-refractivity contribution in [2.75, 3.05) is 7.11 Å². The standard InChI is InChI=1S/C15H13NO5/c1-9-3-13(21-14(9)15(17)18)8-20-12-5-10(7-16)4-11(6-12)19-2/h3-6H,8H2,1-2H3,(H,17,18). The van der Waals surface area contributed by atoms with Crippen molar-refractivity contribution in [3.05, 3.63) is 46.9 Å².